The highest BCUT2D eigenvalue weighted by Gasteiger charge is 2.47. The maximum atomic E-state index is 12.9. The van der Waals surface area contributed by atoms with E-state index in [9.17, 15) is 9.59 Å². The van der Waals surface area contributed by atoms with Gasteiger partial charge in [0.2, 0.25) is 12.3 Å². The minimum absolute atomic E-state index is 0.296. The van der Waals surface area contributed by atoms with E-state index in [-0.39, 0.29) is 11.8 Å². The first-order valence-electron chi connectivity index (χ1n) is 9.74. The lowest BCUT2D eigenvalue weighted by atomic mass is 10.00. The lowest BCUT2D eigenvalue weighted by molar-refractivity contribution is -0.596. The summed E-state index contributed by atoms with van der Waals surface area (Å²) in [6, 6.07) is 22.4. The van der Waals surface area contributed by atoms with Gasteiger partial charge in [-0.25, -0.2) is 0 Å². The molecule has 0 unspecified atom stereocenters. The second-order valence-corrected chi connectivity index (χ2v) is 7.54. The van der Waals surface area contributed by atoms with Gasteiger partial charge in [-0.15, -0.1) is 10.1 Å². The van der Waals surface area contributed by atoms with Crippen LogP contribution in [0.4, 0.5) is 0 Å². The smallest absolute Gasteiger partial charge is 0.304 e. The van der Waals surface area contributed by atoms with Gasteiger partial charge in [0.05, 0.1) is 7.11 Å². The Balaban J connectivity index is 1.68. The number of halogens is 1. The number of hydrogen-bond donors (Lipinski definition) is 2. The van der Waals surface area contributed by atoms with Crippen molar-refractivity contribution in [2.24, 2.45) is 0 Å². The molecule has 3 aromatic carbocycles. The van der Waals surface area contributed by atoms with Crippen molar-refractivity contribution in [2.75, 3.05) is 7.11 Å². The van der Waals surface area contributed by atoms with Gasteiger partial charge >= 0.3 is 5.91 Å². The first kappa shape index (κ1) is 20.6. The molecule has 0 aliphatic carbocycles. The van der Waals surface area contributed by atoms with Gasteiger partial charge in [-0.1, -0.05) is 48.0 Å². The van der Waals surface area contributed by atoms with E-state index in [4.69, 9.17) is 16.3 Å². The fraction of sp³-hybridized carbons (Fsp3) is 0.125. The van der Waals surface area contributed by atoms with Crippen LogP contribution in [0.2, 0.25) is 5.02 Å². The molecule has 1 saturated heterocycles. The van der Waals surface area contributed by atoms with E-state index in [1.807, 2.05) is 60.8 Å². The average Bonchev–Trinajstić information content (AvgIpc) is 3.09. The van der Waals surface area contributed by atoms with E-state index >= 15 is 0 Å². The third kappa shape index (κ3) is 4.59. The van der Waals surface area contributed by atoms with Crippen LogP contribution in [0.1, 0.15) is 27.5 Å². The summed E-state index contributed by atoms with van der Waals surface area (Å²) in [7, 11) is 1.60. The molecule has 7 heteroatoms. The Kier molecular flexibility index (Phi) is 6.00. The number of benzene rings is 3. The molecule has 0 saturated carbocycles. The summed E-state index contributed by atoms with van der Waals surface area (Å²) in [6.07, 6.45) is 1.83. The molecule has 1 aliphatic heterocycles. The molecule has 1 aliphatic rings. The monoisotopic (exact) mass is 434 g/mol. The van der Waals surface area contributed by atoms with E-state index in [1.54, 1.807) is 36.1 Å². The zero-order valence-electron chi connectivity index (χ0n) is 16.8. The zero-order valence-corrected chi connectivity index (χ0v) is 17.5. The van der Waals surface area contributed by atoms with Crippen LogP contribution in [-0.2, 0) is 4.79 Å². The number of hydrogen-bond acceptors (Lipinski definition) is 3. The molecule has 0 spiro atoms. The number of carbonyl (C=O) groups excluding carboxylic acids is 2. The molecule has 4 rings (SSSR count). The zero-order chi connectivity index (χ0) is 21.8. The largest absolute Gasteiger partial charge is 0.497 e. The molecule has 156 valence electrons. The van der Waals surface area contributed by atoms with E-state index in [0.29, 0.717) is 16.3 Å². The Morgan fingerprint density at radius 3 is 2.52 bits per heavy atom. The number of carbonyl (C=O) groups is 2. The minimum atomic E-state index is -0.785. The summed E-state index contributed by atoms with van der Waals surface area (Å²) in [5.74, 6) is 0.0689. The molecular weight excluding hydrogens is 414 g/mol. The Morgan fingerprint density at radius 2 is 1.81 bits per heavy atom. The molecule has 3 aromatic rings. The SMILES string of the molecule is COc1cccc(/C=[N+]2\NC(=O)[C@H](NC(=O)c3ccc(Cl)cc3)[C@@H]2c2ccccc2)c1. The summed E-state index contributed by atoms with van der Waals surface area (Å²) in [5, 5.41) is 3.41. The number of amides is 2. The molecule has 6 nitrogen and oxygen atoms in total. The average molecular weight is 435 g/mol. The van der Waals surface area contributed by atoms with Crippen LogP contribution in [0.25, 0.3) is 0 Å². The number of methoxy groups -OCH3 is 1. The predicted molar refractivity (Wildman–Crippen MR) is 118 cm³/mol. The van der Waals surface area contributed by atoms with Crippen LogP contribution in [0.3, 0.4) is 0 Å². The summed E-state index contributed by atoms with van der Waals surface area (Å²) < 4.78 is 7.01. The normalized spacial score (nSPS) is 19.2. The van der Waals surface area contributed by atoms with Gasteiger partial charge < -0.3 is 10.1 Å². The summed E-state index contributed by atoms with van der Waals surface area (Å²) in [5.41, 5.74) is 5.04. The van der Waals surface area contributed by atoms with Gasteiger partial charge in [0.25, 0.3) is 5.91 Å². The highest BCUT2D eigenvalue weighted by Crippen LogP contribution is 2.25. The molecule has 0 radical (unpaired) electrons. The second-order valence-electron chi connectivity index (χ2n) is 7.10. The van der Waals surface area contributed by atoms with E-state index in [2.05, 4.69) is 10.7 Å². The molecular formula is C24H21ClN3O3+. The third-order valence-electron chi connectivity index (χ3n) is 5.05. The Morgan fingerprint density at radius 1 is 1.06 bits per heavy atom. The molecule has 1 heterocycles. The molecule has 0 aromatic heterocycles. The van der Waals surface area contributed by atoms with Crippen LogP contribution in [0, 0.1) is 0 Å². The lowest BCUT2D eigenvalue weighted by Gasteiger charge is -2.14. The third-order valence-corrected chi connectivity index (χ3v) is 5.31. The van der Waals surface area contributed by atoms with Crippen LogP contribution in [-0.4, -0.2) is 35.9 Å². The molecule has 2 amide bonds. The summed E-state index contributed by atoms with van der Waals surface area (Å²) >= 11 is 5.92. The molecule has 2 N–H and O–H groups in total. The van der Waals surface area contributed by atoms with Crippen molar-refractivity contribution < 1.29 is 19.0 Å². The highest BCUT2D eigenvalue weighted by atomic mass is 35.5. The number of hydrazine groups is 1. The first-order chi connectivity index (χ1) is 15.0. The maximum Gasteiger partial charge on any atom is 0.304 e. The summed E-state index contributed by atoms with van der Waals surface area (Å²) in [4.78, 5) is 25.7. The molecule has 2 atom stereocenters. The van der Waals surface area contributed by atoms with Crippen molar-refractivity contribution in [3.8, 4) is 5.75 Å². The predicted octanol–water partition coefficient (Wildman–Crippen LogP) is 3.36. The Bertz CT molecular complexity index is 1130. The fourth-order valence-electron chi connectivity index (χ4n) is 3.54. The summed E-state index contributed by atoms with van der Waals surface area (Å²) in [6.45, 7) is 0. The van der Waals surface area contributed by atoms with E-state index < -0.39 is 12.1 Å². The van der Waals surface area contributed by atoms with E-state index in [1.165, 1.54) is 0 Å². The number of nitrogens with one attached hydrogen (secondary N) is 2. The number of ether oxygens (including phenoxy) is 1. The van der Waals surface area contributed by atoms with Crippen molar-refractivity contribution in [1.82, 2.24) is 10.7 Å². The van der Waals surface area contributed by atoms with E-state index in [0.717, 1.165) is 11.1 Å². The maximum absolute atomic E-state index is 12.9. The van der Waals surface area contributed by atoms with Crippen LogP contribution >= 0.6 is 11.6 Å². The van der Waals surface area contributed by atoms with Gasteiger partial charge in [0, 0.05) is 21.7 Å². The van der Waals surface area contributed by atoms with Crippen molar-refractivity contribution in [1.29, 1.82) is 0 Å². The van der Waals surface area contributed by atoms with Gasteiger partial charge in [-0.3, -0.25) is 9.59 Å². The van der Waals surface area contributed by atoms with Crippen molar-refractivity contribution in [3.05, 3.63) is 101 Å². The first-order valence-corrected chi connectivity index (χ1v) is 10.1. The highest BCUT2D eigenvalue weighted by molar-refractivity contribution is 6.30. The minimum Gasteiger partial charge on any atom is -0.497 e. The number of hydrazone groups is 1. The van der Waals surface area contributed by atoms with Crippen LogP contribution in [0.5, 0.6) is 5.75 Å². The quantitative estimate of drug-likeness (QED) is 0.605. The number of nitrogens with zero attached hydrogens (tertiary/aromatic N) is 1. The van der Waals surface area contributed by atoms with Crippen molar-refractivity contribution >= 4 is 29.6 Å². The van der Waals surface area contributed by atoms with Crippen molar-refractivity contribution in [2.45, 2.75) is 12.1 Å². The van der Waals surface area contributed by atoms with Crippen LogP contribution in [0.15, 0.2) is 78.9 Å². The standard InChI is InChI=1S/C24H20ClN3O3/c1-31-20-9-5-6-16(14-20)15-28-22(17-7-3-2-4-8-17)21(24(30)27-28)26-23(29)18-10-12-19(25)13-11-18/h2-15,21-22H,1H3,(H-,26,27,29,30)/p+1/b28-15-/t21-,22+/m1/s1. The van der Waals surface area contributed by atoms with Gasteiger partial charge in [0.15, 0.2) is 6.04 Å². The Labute approximate surface area is 185 Å². The van der Waals surface area contributed by atoms with Crippen molar-refractivity contribution in [3.63, 3.8) is 0 Å². The number of rotatable bonds is 5. The molecule has 31 heavy (non-hydrogen) atoms. The second kappa shape index (κ2) is 9.02. The lowest BCUT2D eigenvalue weighted by Crippen LogP contribution is -2.42. The van der Waals surface area contributed by atoms with Gasteiger partial charge in [0.1, 0.15) is 5.75 Å². The van der Waals surface area contributed by atoms with Crippen LogP contribution < -0.4 is 15.5 Å². The Hall–Kier alpha value is -3.64. The molecule has 1 fully saturated rings. The molecule has 0 bridgehead atoms. The van der Waals surface area contributed by atoms with Gasteiger partial charge in [-0.2, -0.15) is 0 Å². The topological polar surface area (TPSA) is 70.4 Å². The fourth-order valence-corrected chi connectivity index (χ4v) is 3.66. The van der Waals surface area contributed by atoms with Gasteiger partial charge in [-0.05, 0) is 42.5 Å².